The third kappa shape index (κ3) is 3.46. The van der Waals surface area contributed by atoms with Crippen molar-refractivity contribution in [3.8, 4) is 0 Å². The molecule has 0 radical (unpaired) electrons. The van der Waals surface area contributed by atoms with Crippen molar-refractivity contribution in [3.05, 3.63) is 30.4 Å². The lowest BCUT2D eigenvalue weighted by Gasteiger charge is -2.18. The Hall–Kier alpha value is -2.11. The van der Waals surface area contributed by atoms with Crippen molar-refractivity contribution in [2.75, 3.05) is 17.7 Å². The molecule has 2 rings (SSSR count). The topological polar surface area (TPSA) is 67.7 Å². The van der Waals surface area contributed by atoms with Gasteiger partial charge in [0.05, 0.1) is 6.54 Å². The number of nitrogens with zero attached hydrogens (tertiary/aromatic N) is 4. The van der Waals surface area contributed by atoms with Crippen LogP contribution in [0.5, 0.6) is 0 Å². The molecule has 0 bridgehead atoms. The summed E-state index contributed by atoms with van der Waals surface area (Å²) in [6, 6.07) is 2.17. The molecule has 6 heteroatoms. The third-order valence-electron chi connectivity index (χ3n) is 3.09. The van der Waals surface area contributed by atoms with E-state index < -0.39 is 0 Å². The average Bonchev–Trinajstić information content (AvgIpc) is 2.93. The SMILES string of the molecule is CCCc1c(NC)ncnc1NC(C)Cn1cccn1. The highest BCUT2D eigenvalue weighted by Gasteiger charge is 2.12. The average molecular weight is 274 g/mol. The van der Waals surface area contributed by atoms with E-state index in [-0.39, 0.29) is 6.04 Å². The Morgan fingerprint density at radius 2 is 2.10 bits per heavy atom. The lowest BCUT2D eigenvalue weighted by atomic mass is 10.1. The zero-order valence-corrected chi connectivity index (χ0v) is 12.3. The van der Waals surface area contributed by atoms with E-state index >= 15 is 0 Å². The van der Waals surface area contributed by atoms with E-state index in [9.17, 15) is 0 Å². The van der Waals surface area contributed by atoms with Gasteiger partial charge in [0.1, 0.15) is 18.0 Å². The quantitative estimate of drug-likeness (QED) is 0.810. The molecule has 0 aromatic carbocycles. The summed E-state index contributed by atoms with van der Waals surface area (Å²) in [7, 11) is 1.89. The number of hydrogen-bond acceptors (Lipinski definition) is 5. The van der Waals surface area contributed by atoms with Gasteiger partial charge in [0.2, 0.25) is 0 Å². The van der Waals surface area contributed by atoms with Crippen LogP contribution >= 0.6 is 0 Å². The highest BCUT2D eigenvalue weighted by molar-refractivity contribution is 5.57. The first kappa shape index (κ1) is 14.3. The molecule has 1 unspecified atom stereocenters. The first-order valence-corrected chi connectivity index (χ1v) is 7.00. The van der Waals surface area contributed by atoms with E-state index in [0.717, 1.165) is 36.6 Å². The minimum absolute atomic E-state index is 0.241. The van der Waals surface area contributed by atoms with Crippen LogP contribution in [-0.2, 0) is 13.0 Å². The predicted octanol–water partition coefficient (Wildman–Crippen LogP) is 2.17. The molecule has 2 heterocycles. The second-order valence-corrected chi connectivity index (χ2v) is 4.82. The second-order valence-electron chi connectivity index (χ2n) is 4.82. The number of nitrogens with one attached hydrogen (secondary N) is 2. The van der Waals surface area contributed by atoms with Gasteiger partial charge in [-0.25, -0.2) is 9.97 Å². The van der Waals surface area contributed by atoms with Crippen LogP contribution in [0, 0.1) is 0 Å². The molecule has 1 atom stereocenters. The van der Waals surface area contributed by atoms with Crippen LogP contribution in [-0.4, -0.2) is 32.8 Å². The van der Waals surface area contributed by atoms with Crippen LogP contribution in [0.1, 0.15) is 25.8 Å². The molecule has 6 nitrogen and oxygen atoms in total. The molecular formula is C14H22N6. The monoisotopic (exact) mass is 274 g/mol. The predicted molar refractivity (Wildman–Crippen MR) is 80.9 cm³/mol. The van der Waals surface area contributed by atoms with Crippen LogP contribution in [0.15, 0.2) is 24.8 Å². The van der Waals surface area contributed by atoms with Gasteiger partial charge in [-0.1, -0.05) is 13.3 Å². The summed E-state index contributed by atoms with van der Waals surface area (Å²) in [5.74, 6) is 1.81. The van der Waals surface area contributed by atoms with Gasteiger partial charge in [0.25, 0.3) is 0 Å². The maximum absolute atomic E-state index is 4.38. The van der Waals surface area contributed by atoms with E-state index in [1.807, 2.05) is 24.0 Å². The first-order valence-electron chi connectivity index (χ1n) is 7.00. The van der Waals surface area contributed by atoms with Crippen molar-refractivity contribution in [1.29, 1.82) is 0 Å². The van der Waals surface area contributed by atoms with Crippen molar-refractivity contribution in [2.24, 2.45) is 0 Å². The number of rotatable bonds is 7. The maximum Gasteiger partial charge on any atom is 0.134 e. The Labute approximate surface area is 119 Å². The number of hydrogen-bond donors (Lipinski definition) is 2. The fourth-order valence-corrected chi connectivity index (χ4v) is 2.21. The largest absolute Gasteiger partial charge is 0.373 e. The van der Waals surface area contributed by atoms with Gasteiger partial charge in [-0.05, 0) is 19.4 Å². The van der Waals surface area contributed by atoms with Gasteiger partial charge in [0.15, 0.2) is 0 Å². The molecule has 108 valence electrons. The Balaban J connectivity index is 2.11. The summed E-state index contributed by atoms with van der Waals surface area (Å²) < 4.78 is 1.91. The molecule has 2 aromatic rings. The van der Waals surface area contributed by atoms with Gasteiger partial charge in [-0.2, -0.15) is 5.10 Å². The summed E-state index contributed by atoms with van der Waals surface area (Å²) in [5.41, 5.74) is 1.14. The fraction of sp³-hybridized carbons (Fsp3) is 0.500. The minimum atomic E-state index is 0.241. The first-order chi connectivity index (χ1) is 9.74. The van der Waals surface area contributed by atoms with Gasteiger partial charge in [-0.15, -0.1) is 0 Å². The molecule has 0 aliphatic carbocycles. The van der Waals surface area contributed by atoms with Crippen LogP contribution in [0.4, 0.5) is 11.6 Å². The van der Waals surface area contributed by atoms with E-state index in [1.165, 1.54) is 0 Å². The second kappa shape index (κ2) is 6.88. The van der Waals surface area contributed by atoms with E-state index in [1.54, 1.807) is 12.5 Å². The normalized spacial score (nSPS) is 12.2. The van der Waals surface area contributed by atoms with Crippen molar-refractivity contribution in [2.45, 2.75) is 39.3 Å². The fourth-order valence-electron chi connectivity index (χ4n) is 2.21. The van der Waals surface area contributed by atoms with Gasteiger partial charge in [-0.3, -0.25) is 4.68 Å². The van der Waals surface area contributed by atoms with Gasteiger partial charge >= 0.3 is 0 Å². The molecular weight excluding hydrogens is 252 g/mol. The summed E-state index contributed by atoms with van der Waals surface area (Å²) in [4.78, 5) is 8.66. The summed E-state index contributed by atoms with van der Waals surface area (Å²) in [6.45, 7) is 5.08. The highest BCUT2D eigenvalue weighted by Crippen LogP contribution is 2.21. The molecule has 0 fully saturated rings. The molecule has 20 heavy (non-hydrogen) atoms. The third-order valence-corrected chi connectivity index (χ3v) is 3.09. The van der Waals surface area contributed by atoms with Crippen LogP contribution in [0.3, 0.4) is 0 Å². The zero-order chi connectivity index (χ0) is 14.4. The summed E-state index contributed by atoms with van der Waals surface area (Å²) >= 11 is 0. The smallest absolute Gasteiger partial charge is 0.134 e. The molecule has 2 N–H and O–H groups in total. The van der Waals surface area contributed by atoms with E-state index in [4.69, 9.17) is 0 Å². The molecule has 0 spiro atoms. The molecule has 0 amide bonds. The lowest BCUT2D eigenvalue weighted by Crippen LogP contribution is -2.24. The minimum Gasteiger partial charge on any atom is -0.373 e. The Bertz CT molecular complexity index is 522. The van der Waals surface area contributed by atoms with Crippen LogP contribution < -0.4 is 10.6 Å². The van der Waals surface area contributed by atoms with Crippen LogP contribution in [0.25, 0.3) is 0 Å². The van der Waals surface area contributed by atoms with Crippen molar-refractivity contribution < 1.29 is 0 Å². The highest BCUT2D eigenvalue weighted by atomic mass is 15.3. The molecule has 0 saturated heterocycles. The lowest BCUT2D eigenvalue weighted by molar-refractivity contribution is 0.559. The Morgan fingerprint density at radius 1 is 1.30 bits per heavy atom. The number of anilines is 2. The summed E-state index contributed by atoms with van der Waals surface area (Å²) in [6.07, 6.45) is 7.36. The van der Waals surface area contributed by atoms with E-state index in [2.05, 4.69) is 39.5 Å². The molecule has 0 saturated carbocycles. The van der Waals surface area contributed by atoms with Crippen molar-refractivity contribution in [1.82, 2.24) is 19.7 Å². The molecule has 2 aromatic heterocycles. The van der Waals surface area contributed by atoms with E-state index in [0.29, 0.717) is 0 Å². The maximum atomic E-state index is 4.38. The molecule has 0 aliphatic rings. The zero-order valence-electron chi connectivity index (χ0n) is 12.3. The number of aromatic nitrogens is 4. The van der Waals surface area contributed by atoms with Gasteiger partial charge < -0.3 is 10.6 Å². The summed E-state index contributed by atoms with van der Waals surface area (Å²) in [5, 5.41) is 10.8. The Morgan fingerprint density at radius 3 is 2.75 bits per heavy atom. The Kier molecular flexibility index (Phi) is 4.92. The standard InChI is InChI=1S/C14H22N6/c1-4-6-12-13(15-3)16-10-17-14(12)19-11(2)9-20-8-5-7-18-20/h5,7-8,10-11H,4,6,9H2,1-3H3,(H2,15,16,17,19). The van der Waals surface area contributed by atoms with Crippen LogP contribution in [0.2, 0.25) is 0 Å². The molecule has 0 aliphatic heterocycles. The van der Waals surface area contributed by atoms with Crippen molar-refractivity contribution >= 4 is 11.6 Å². The van der Waals surface area contributed by atoms with Gasteiger partial charge in [0, 0.05) is 31.0 Å². The van der Waals surface area contributed by atoms with Crippen molar-refractivity contribution in [3.63, 3.8) is 0 Å².